The normalized spacial score (nSPS) is 16.4. The average molecular weight is 407 g/mol. The van der Waals surface area contributed by atoms with E-state index in [1.807, 2.05) is 6.07 Å². The molecule has 4 aromatic rings. The standard InChI is InChI=1S/C22H18FN3O2S/c23-16-10-26-17(8-15(16)13-3-4-14-9-24-6-5-12(14)7-13)18(11-1-2-11)20-19(22(26)28)21(27)25-29-20/h3-4,7-8,10-11,24H,1-2,5-6,9H2,(H,25,27). The number of halogens is 1. The highest BCUT2D eigenvalue weighted by Gasteiger charge is 2.31. The van der Waals surface area contributed by atoms with Crippen LogP contribution in [0, 0.1) is 5.82 Å². The Morgan fingerprint density at radius 3 is 2.83 bits per heavy atom. The van der Waals surface area contributed by atoms with Crippen molar-refractivity contribution in [3.63, 3.8) is 0 Å². The van der Waals surface area contributed by atoms with E-state index in [-0.39, 0.29) is 10.9 Å². The van der Waals surface area contributed by atoms with E-state index in [0.717, 1.165) is 48.2 Å². The molecule has 0 saturated heterocycles. The molecule has 146 valence electrons. The number of hydrogen-bond donors (Lipinski definition) is 2. The summed E-state index contributed by atoms with van der Waals surface area (Å²) in [6.07, 6.45) is 4.21. The molecule has 1 aromatic carbocycles. The predicted molar refractivity (Wildman–Crippen MR) is 112 cm³/mol. The fraction of sp³-hybridized carbons (Fsp3) is 0.273. The van der Waals surface area contributed by atoms with Gasteiger partial charge >= 0.3 is 0 Å². The van der Waals surface area contributed by atoms with Gasteiger partial charge in [-0.3, -0.25) is 18.4 Å². The molecule has 0 unspecified atom stereocenters. The molecule has 6 rings (SSSR count). The Morgan fingerprint density at radius 2 is 2.00 bits per heavy atom. The number of hydrogen-bond acceptors (Lipinski definition) is 4. The highest BCUT2D eigenvalue weighted by Crippen LogP contribution is 2.45. The molecule has 1 aliphatic heterocycles. The van der Waals surface area contributed by atoms with Crippen molar-refractivity contribution in [1.29, 1.82) is 0 Å². The maximum atomic E-state index is 15.1. The Balaban J connectivity index is 1.66. The summed E-state index contributed by atoms with van der Waals surface area (Å²) in [6.45, 7) is 1.75. The highest BCUT2D eigenvalue weighted by molar-refractivity contribution is 7.13. The lowest BCUT2D eigenvalue weighted by Gasteiger charge is -2.18. The van der Waals surface area contributed by atoms with Gasteiger partial charge in [-0.2, -0.15) is 0 Å². The van der Waals surface area contributed by atoms with Gasteiger partial charge in [-0.05, 0) is 60.0 Å². The second kappa shape index (κ2) is 6.11. The number of pyridine rings is 2. The van der Waals surface area contributed by atoms with Crippen LogP contribution in [0.3, 0.4) is 0 Å². The summed E-state index contributed by atoms with van der Waals surface area (Å²) in [4.78, 5) is 25.1. The summed E-state index contributed by atoms with van der Waals surface area (Å²) in [7, 11) is 0. The fourth-order valence-corrected chi connectivity index (χ4v) is 5.42. The van der Waals surface area contributed by atoms with Gasteiger partial charge in [0, 0.05) is 18.3 Å². The number of fused-ring (bicyclic) bond motifs is 3. The van der Waals surface area contributed by atoms with Crippen molar-refractivity contribution in [2.75, 3.05) is 6.54 Å². The SMILES string of the molecule is O=c1[nH]sc2c(C3CC3)c3cc(-c4ccc5c(c4)CCNC5)c(F)cn3c(=O)c12. The summed E-state index contributed by atoms with van der Waals surface area (Å²) in [5.41, 5.74) is 4.65. The monoisotopic (exact) mass is 407 g/mol. The first-order valence-corrected chi connectivity index (χ1v) is 10.7. The highest BCUT2D eigenvalue weighted by atomic mass is 32.1. The van der Waals surface area contributed by atoms with E-state index in [2.05, 4.69) is 21.8 Å². The van der Waals surface area contributed by atoms with Crippen LogP contribution in [0.15, 0.2) is 40.1 Å². The van der Waals surface area contributed by atoms with E-state index in [1.165, 1.54) is 33.3 Å². The fourth-order valence-electron chi connectivity index (χ4n) is 4.46. The Labute approximate surface area is 169 Å². The van der Waals surface area contributed by atoms with E-state index >= 15 is 4.39 Å². The van der Waals surface area contributed by atoms with E-state index < -0.39 is 11.4 Å². The number of aromatic nitrogens is 2. The first-order valence-electron chi connectivity index (χ1n) is 9.83. The molecule has 1 aliphatic carbocycles. The lowest BCUT2D eigenvalue weighted by molar-refractivity contribution is 0.621. The molecule has 1 saturated carbocycles. The van der Waals surface area contributed by atoms with Crippen molar-refractivity contribution in [3.05, 3.63) is 73.7 Å². The Kier molecular flexibility index (Phi) is 3.61. The van der Waals surface area contributed by atoms with E-state index in [0.29, 0.717) is 17.0 Å². The summed E-state index contributed by atoms with van der Waals surface area (Å²) in [5.74, 6) is -0.145. The lowest BCUT2D eigenvalue weighted by Crippen LogP contribution is -2.23. The molecule has 0 bridgehead atoms. The van der Waals surface area contributed by atoms with Crippen molar-refractivity contribution < 1.29 is 4.39 Å². The number of benzene rings is 1. The molecular formula is C22H18FN3O2S. The molecule has 7 heteroatoms. The lowest BCUT2D eigenvalue weighted by atomic mass is 9.95. The van der Waals surface area contributed by atoms with Crippen molar-refractivity contribution in [3.8, 4) is 11.1 Å². The average Bonchev–Trinajstić information content (AvgIpc) is 3.50. The van der Waals surface area contributed by atoms with Crippen molar-refractivity contribution in [2.24, 2.45) is 0 Å². The third kappa shape index (κ3) is 2.54. The molecule has 0 spiro atoms. The Bertz CT molecular complexity index is 1430. The van der Waals surface area contributed by atoms with Crippen LogP contribution >= 0.6 is 11.5 Å². The second-order valence-corrected chi connectivity index (χ2v) is 8.75. The minimum absolute atomic E-state index is 0.142. The third-order valence-electron chi connectivity index (χ3n) is 6.08. The van der Waals surface area contributed by atoms with Gasteiger partial charge in [0.05, 0.1) is 10.2 Å². The van der Waals surface area contributed by atoms with Crippen LogP contribution in [0.5, 0.6) is 0 Å². The van der Waals surface area contributed by atoms with E-state index in [4.69, 9.17) is 0 Å². The zero-order valence-electron chi connectivity index (χ0n) is 15.5. The van der Waals surface area contributed by atoms with Crippen LogP contribution in [0.1, 0.15) is 35.4 Å². The van der Waals surface area contributed by atoms with E-state index in [1.54, 1.807) is 6.07 Å². The van der Waals surface area contributed by atoms with Gasteiger partial charge in [0.25, 0.3) is 11.1 Å². The first kappa shape index (κ1) is 17.1. The largest absolute Gasteiger partial charge is 0.312 e. The molecular weight excluding hydrogens is 389 g/mol. The number of H-pyrrole nitrogens is 1. The molecule has 0 radical (unpaired) electrons. The van der Waals surface area contributed by atoms with Crippen LogP contribution in [0.4, 0.5) is 4.39 Å². The number of aromatic amines is 1. The van der Waals surface area contributed by atoms with Crippen molar-refractivity contribution in [1.82, 2.24) is 14.1 Å². The Morgan fingerprint density at radius 1 is 1.14 bits per heavy atom. The molecule has 5 nitrogen and oxygen atoms in total. The van der Waals surface area contributed by atoms with Crippen molar-refractivity contribution in [2.45, 2.75) is 31.7 Å². The van der Waals surface area contributed by atoms with Gasteiger partial charge in [-0.25, -0.2) is 4.39 Å². The van der Waals surface area contributed by atoms with Gasteiger partial charge in [-0.15, -0.1) is 0 Å². The maximum Gasteiger partial charge on any atom is 0.271 e. The first-order chi connectivity index (χ1) is 14.1. The van der Waals surface area contributed by atoms with Crippen molar-refractivity contribution >= 4 is 27.1 Å². The molecule has 4 heterocycles. The number of rotatable bonds is 2. The summed E-state index contributed by atoms with van der Waals surface area (Å²) in [6, 6.07) is 7.85. The number of nitrogens with one attached hydrogen (secondary N) is 2. The molecule has 2 aliphatic rings. The predicted octanol–water partition coefficient (Wildman–Crippen LogP) is 3.53. The molecule has 1 fully saturated rings. The van der Waals surface area contributed by atoms with Gasteiger partial charge in [0.2, 0.25) is 0 Å². The summed E-state index contributed by atoms with van der Waals surface area (Å²) in [5, 5.41) is 3.49. The maximum absolute atomic E-state index is 15.1. The van der Waals surface area contributed by atoms with Gasteiger partial charge in [-0.1, -0.05) is 29.7 Å². The molecule has 2 N–H and O–H groups in total. The third-order valence-corrected chi connectivity index (χ3v) is 7.00. The molecule has 0 atom stereocenters. The number of nitrogens with zero attached hydrogens (tertiary/aromatic N) is 1. The zero-order valence-corrected chi connectivity index (χ0v) is 16.4. The van der Waals surface area contributed by atoms with Crippen LogP contribution in [0.25, 0.3) is 26.7 Å². The Hall–Kier alpha value is -2.77. The minimum Gasteiger partial charge on any atom is -0.312 e. The molecule has 0 amide bonds. The topological polar surface area (TPSA) is 66.4 Å². The quantitative estimate of drug-likeness (QED) is 0.534. The van der Waals surface area contributed by atoms with Crippen LogP contribution in [-0.2, 0) is 13.0 Å². The van der Waals surface area contributed by atoms with Gasteiger partial charge in [0.15, 0.2) is 0 Å². The molecule has 3 aromatic heterocycles. The van der Waals surface area contributed by atoms with E-state index in [9.17, 15) is 9.59 Å². The summed E-state index contributed by atoms with van der Waals surface area (Å²) < 4.78 is 19.9. The molecule has 29 heavy (non-hydrogen) atoms. The van der Waals surface area contributed by atoms with Crippen LogP contribution < -0.4 is 16.4 Å². The van der Waals surface area contributed by atoms with Crippen LogP contribution in [-0.4, -0.2) is 15.3 Å². The van der Waals surface area contributed by atoms with Gasteiger partial charge < -0.3 is 5.32 Å². The minimum atomic E-state index is -0.457. The smallest absolute Gasteiger partial charge is 0.271 e. The van der Waals surface area contributed by atoms with Gasteiger partial charge in [0.1, 0.15) is 11.2 Å². The van der Waals surface area contributed by atoms with Crippen LogP contribution in [0.2, 0.25) is 0 Å². The second-order valence-electron chi connectivity index (χ2n) is 7.93. The zero-order chi connectivity index (χ0) is 19.7. The summed E-state index contributed by atoms with van der Waals surface area (Å²) >= 11 is 1.21.